The van der Waals surface area contributed by atoms with Gasteiger partial charge in [-0.3, -0.25) is 9.59 Å². The number of rotatable bonds is 4. The molecule has 3 saturated heterocycles. The van der Waals surface area contributed by atoms with E-state index in [0.29, 0.717) is 69.1 Å². The maximum atomic E-state index is 12.8. The van der Waals surface area contributed by atoms with Crippen molar-refractivity contribution in [1.82, 2.24) is 19.8 Å². The predicted octanol–water partition coefficient (Wildman–Crippen LogP) is 2.67. The van der Waals surface area contributed by atoms with Gasteiger partial charge in [0.2, 0.25) is 11.8 Å². The second-order valence-electron chi connectivity index (χ2n) is 10.2. The van der Waals surface area contributed by atoms with Crippen molar-refractivity contribution in [2.45, 2.75) is 57.5 Å². The molecule has 9 nitrogen and oxygen atoms in total. The Bertz CT molecular complexity index is 911. The molecule has 0 radical (unpaired) electrons. The Labute approximate surface area is 210 Å². The van der Waals surface area contributed by atoms with Gasteiger partial charge in [-0.1, -0.05) is 44.1 Å². The largest absolute Gasteiger partial charge is 0.353 e. The van der Waals surface area contributed by atoms with Crippen molar-refractivity contribution in [3.63, 3.8) is 0 Å². The Kier molecular flexibility index (Phi) is 7.61. The summed E-state index contributed by atoms with van der Waals surface area (Å²) in [6.45, 7) is 12.3. The van der Waals surface area contributed by atoms with Crippen LogP contribution in [0.3, 0.4) is 0 Å². The lowest BCUT2D eigenvalue weighted by Gasteiger charge is -2.42. The number of carbonyl (C=O) groups excluding carboxylic acids is 2. The van der Waals surface area contributed by atoms with E-state index in [1.807, 2.05) is 30.6 Å². The van der Waals surface area contributed by atoms with Gasteiger partial charge in [0.1, 0.15) is 11.0 Å². The van der Waals surface area contributed by atoms with Gasteiger partial charge in [-0.2, -0.15) is 0 Å². The first-order valence-corrected chi connectivity index (χ1v) is 13.2. The van der Waals surface area contributed by atoms with Crippen LogP contribution >= 0.6 is 23.4 Å². The number of ether oxygens (including phenoxy) is 2. The van der Waals surface area contributed by atoms with Crippen LogP contribution in [0.4, 0.5) is 5.82 Å². The summed E-state index contributed by atoms with van der Waals surface area (Å²) in [5, 5.41) is 0.823. The molecule has 0 aromatic carbocycles. The number of anilines is 1. The molecule has 1 aromatic rings. The fourth-order valence-corrected chi connectivity index (χ4v) is 5.59. The molecule has 34 heavy (non-hydrogen) atoms. The number of thioether (sulfide) groups is 1. The molecule has 188 valence electrons. The summed E-state index contributed by atoms with van der Waals surface area (Å²) in [5.41, 5.74) is -0.406. The third-order valence-electron chi connectivity index (χ3n) is 6.53. The fraction of sp³-hybridized carbons (Fsp3) is 0.739. The van der Waals surface area contributed by atoms with E-state index in [1.165, 1.54) is 11.8 Å². The molecule has 3 fully saturated rings. The van der Waals surface area contributed by atoms with E-state index in [9.17, 15) is 9.59 Å². The van der Waals surface area contributed by atoms with Crippen molar-refractivity contribution < 1.29 is 19.1 Å². The second kappa shape index (κ2) is 10.2. The zero-order valence-electron chi connectivity index (χ0n) is 20.4. The van der Waals surface area contributed by atoms with Crippen molar-refractivity contribution >= 4 is 41.0 Å². The van der Waals surface area contributed by atoms with E-state index < -0.39 is 11.2 Å². The minimum atomic E-state index is -0.493. The Balaban J connectivity index is 1.33. The standard InChI is InChI=1S/C23H34ClN5O4S/c1-16-14-28(9-10-29(16)20(31)22(2,3)4)18-13-17(24)25-21(26-18)34-15-19(30)27-7-5-23(6-8-27)32-11-12-33-23/h13,16H,5-12,14-15H2,1-4H3. The summed E-state index contributed by atoms with van der Waals surface area (Å²) < 4.78 is 11.5. The molecule has 3 aliphatic heterocycles. The fourth-order valence-electron chi connectivity index (χ4n) is 4.61. The van der Waals surface area contributed by atoms with Crippen molar-refractivity contribution in [2.24, 2.45) is 5.41 Å². The number of aromatic nitrogens is 2. The summed E-state index contributed by atoms with van der Waals surface area (Å²) in [6, 6.07) is 1.80. The zero-order valence-corrected chi connectivity index (χ0v) is 22.0. The van der Waals surface area contributed by atoms with Crippen LogP contribution < -0.4 is 4.90 Å². The Morgan fingerprint density at radius 1 is 1.15 bits per heavy atom. The highest BCUT2D eigenvalue weighted by molar-refractivity contribution is 7.99. The summed E-state index contributed by atoms with van der Waals surface area (Å²) >= 11 is 7.60. The molecule has 4 rings (SSSR count). The highest BCUT2D eigenvalue weighted by atomic mass is 35.5. The van der Waals surface area contributed by atoms with Crippen LogP contribution in [-0.4, -0.2) is 95.1 Å². The average molecular weight is 512 g/mol. The summed E-state index contributed by atoms with van der Waals surface area (Å²) in [7, 11) is 0. The van der Waals surface area contributed by atoms with Crippen molar-refractivity contribution in [1.29, 1.82) is 0 Å². The molecule has 1 spiro atoms. The molecule has 1 atom stereocenters. The van der Waals surface area contributed by atoms with Crippen molar-refractivity contribution in [2.75, 3.05) is 56.6 Å². The van der Waals surface area contributed by atoms with Crippen LogP contribution in [0.15, 0.2) is 11.2 Å². The maximum Gasteiger partial charge on any atom is 0.233 e. The summed E-state index contributed by atoms with van der Waals surface area (Å²) in [5.74, 6) is 0.683. The lowest BCUT2D eigenvalue weighted by molar-refractivity contribution is -0.186. The SMILES string of the molecule is CC1CN(c2cc(Cl)nc(SCC(=O)N3CCC4(CC3)OCCO4)n2)CCN1C(=O)C(C)(C)C. The minimum Gasteiger partial charge on any atom is -0.353 e. The van der Waals surface area contributed by atoms with Gasteiger partial charge in [0.15, 0.2) is 10.9 Å². The first-order valence-electron chi connectivity index (χ1n) is 11.9. The van der Waals surface area contributed by atoms with Crippen molar-refractivity contribution in [3.8, 4) is 0 Å². The van der Waals surface area contributed by atoms with Gasteiger partial charge in [-0.05, 0) is 6.92 Å². The van der Waals surface area contributed by atoms with Gasteiger partial charge in [0, 0.05) is 63.1 Å². The Morgan fingerprint density at radius 3 is 2.44 bits per heavy atom. The van der Waals surface area contributed by atoms with Crippen LogP contribution in [0.25, 0.3) is 0 Å². The molecule has 11 heteroatoms. The number of halogens is 1. The molecule has 0 saturated carbocycles. The third kappa shape index (κ3) is 5.78. The van der Waals surface area contributed by atoms with Gasteiger partial charge in [0.25, 0.3) is 0 Å². The molecule has 4 heterocycles. The van der Waals surface area contributed by atoms with Gasteiger partial charge in [0.05, 0.1) is 19.0 Å². The zero-order chi connectivity index (χ0) is 24.5. The molecule has 0 bridgehead atoms. The highest BCUT2D eigenvalue weighted by Crippen LogP contribution is 2.32. The quantitative estimate of drug-likeness (QED) is 0.346. The average Bonchev–Trinajstić information content (AvgIpc) is 3.24. The Morgan fingerprint density at radius 2 is 1.82 bits per heavy atom. The molecule has 3 aliphatic rings. The number of piperazine rings is 1. The van der Waals surface area contributed by atoms with Gasteiger partial charge >= 0.3 is 0 Å². The first kappa shape index (κ1) is 25.5. The monoisotopic (exact) mass is 511 g/mol. The summed E-state index contributed by atoms with van der Waals surface area (Å²) in [4.78, 5) is 40.4. The van der Waals surface area contributed by atoms with Crippen LogP contribution in [-0.2, 0) is 19.1 Å². The first-order chi connectivity index (χ1) is 16.1. The number of likely N-dealkylation sites (tertiary alicyclic amines) is 1. The smallest absolute Gasteiger partial charge is 0.233 e. The maximum absolute atomic E-state index is 12.8. The van der Waals surface area contributed by atoms with Crippen LogP contribution in [0.5, 0.6) is 0 Å². The number of nitrogens with zero attached hydrogens (tertiary/aromatic N) is 5. The van der Waals surface area contributed by atoms with E-state index in [4.69, 9.17) is 21.1 Å². The molecule has 0 N–H and O–H groups in total. The molecule has 0 aliphatic carbocycles. The second-order valence-corrected chi connectivity index (χ2v) is 11.5. The Hall–Kier alpha value is -1.62. The van der Waals surface area contributed by atoms with Gasteiger partial charge in [-0.15, -0.1) is 0 Å². The predicted molar refractivity (Wildman–Crippen MR) is 131 cm³/mol. The number of hydrogen-bond donors (Lipinski definition) is 0. The molecular weight excluding hydrogens is 478 g/mol. The van der Waals surface area contributed by atoms with E-state index in [-0.39, 0.29) is 23.6 Å². The lowest BCUT2D eigenvalue weighted by atomic mass is 9.93. The number of amides is 2. The molecule has 2 amide bonds. The third-order valence-corrected chi connectivity index (χ3v) is 7.56. The van der Waals surface area contributed by atoms with Crippen LogP contribution in [0, 0.1) is 5.41 Å². The van der Waals surface area contributed by atoms with Crippen molar-refractivity contribution in [3.05, 3.63) is 11.2 Å². The number of carbonyl (C=O) groups is 2. The molecule has 1 unspecified atom stereocenters. The topological polar surface area (TPSA) is 88.1 Å². The van der Waals surface area contributed by atoms with Gasteiger partial charge in [-0.25, -0.2) is 9.97 Å². The normalized spacial score (nSPS) is 23.0. The van der Waals surface area contributed by atoms with Crippen LogP contribution in [0.1, 0.15) is 40.5 Å². The van der Waals surface area contributed by atoms with E-state index >= 15 is 0 Å². The summed E-state index contributed by atoms with van der Waals surface area (Å²) in [6.07, 6.45) is 1.40. The van der Waals surface area contributed by atoms with E-state index in [1.54, 1.807) is 6.07 Å². The number of hydrogen-bond acceptors (Lipinski definition) is 8. The lowest BCUT2D eigenvalue weighted by Crippen LogP contribution is -2.56. The molecule has 1 aromatic heterocycles. The molecular formula is C23H34ClN5O4S. The highest BCUT2D eigenvalue weighted by Gasteiger charge is 2.40. The van der Waals surface area contributed by atoms with E-state index in [0.717, 1.165) is 5.82 Å². The van der Waals surface area contributed by atoms with Gasteiger partial charge < -0.3 is 24.2 Å². The van der Waals surface area contributed by atoms with E-state index in [2.05, 4.69) is 21.8 Å². The minimum absolute atomic E-state index is 0.0471. The number of piperidine rings is 1. The van der Waals surface area contributed by atoms with Crippen LogP contribution in [0.2, 0.25) is 5.15 Å².